The van der Waals surface area contributed by atoms with E-state index in [-0.39, 0.29) is 37.3 Å². The Morgan fingerprint density at radius 2 is 1.90 bits per heavy atom. The molecule has 0 bridgehead atoms. The first-order valence-corrected chi connectivity index (χ1v) is 7.15. The molecule has 0 aliphatic rings. The number of nitrogens with zero attached hydrogens (tertiary/aromatic N) is 3. The molecule has 1 N–H and O–H groups in total. The van der Waals surface area contributed by atoms with Crippen molar-refractivity contribution in [1.82, 2.24) is 15.0 Å². The van der Waals surface area contributed by atoms with E-state index >= 15 is 0 Å². The highest BCUT2D eigenvalue weighted by Gasteiger charge is 2.19. The lowest BCUT2D eigenvalue weighted by Crippen LogP contribution is -2.38. The Morgan fingerprint density at radius 1 is 1.24 bits per heavy atom. The Kier molecular flexibility index (Phi) is 6.33. The molecule has 1 rings (SSSR count). The number of carbonyl (C=O) groups excluding carboxylic acids is 1. The zero-order chi connectivity index (χ0) is 16.0. The number of aryl methyl sites for hydroxylation is 1. The molecule has 118 valence electrons. The van der Waals surface area contributed by atoms with Gasteiger partial charge in [0.05, 0.1) is 6.42 Å². The molecule has 1 amide bonds. The van der Waals surface area contributed by atoms with E-state index in [0.29, 0.717) is 18.1 Å². The van der Waals surface area contributed by atoms with Gasteiger partial charge in [-0.1, -0.05) is 19.0 Å². The van der Waals surface area contributed by atoms with Gasteiger partial charge in [0.15, 0.2) is 5.82 Å². The summed E-state index contributed by atoms with van der Waals surface area (Å²) in [6, 6.07) is -0.0363. The SMILES string of the molecule is CC(C)c1noc(CCC(=O)N(CCC(=O)O)C(C)C)n1. The fraction of sp³-hybridized carbons (Fsp3) is 0.714. The molecule has 0 saturated heterocycles. The van der Waals surface area contributed by atoms with Gasteiger partial charge in [-0.2, -0.15) is 4.98 Å². The molecule has 0 saturated carbocycles. The molecule has 1 aromatic rings. The van der Waals surface area contributed by atoms with Crippen LogP contribution in [0.15, 0.2) is 4.52 Å². The number of carboxylic acids is 1. The van der Waals surface area contributed by atoms with Gasteiger partial charge in [-0.3, -0.25) is 9.59 Å². The predicted molar refractivity (Wildman–Crippen MR) is 75.8 cm³/mol. The Bertz CT molecular complexity index is 482. The van der Waals surface area contributed by atoms with Gasteiger partial charge in [-0.05, 0) is 13.8 Å². The van der Waals surface area contributed by atoms with Gasteiger partial charge in [-0.15, -0.1) is 0 Å². The van der Waals surface area contributed by atoms with E-state index in [1.807, 2.05) is 27.7 Å². The van der Waals surface area contributed by atoms with Crippen molar-refractivity contribution in [3.8, 4) is 0 Å². The van der Waals surface area contributed by atoms with E-state index in [4.69, 9.17) is 9.63 Å². The number of carboxylic acid groups (broad SMARTS) is 1. The van der Waals surface area contributed by atoms with Crippen LogP contribution in [0.2, 0.25) is 0 Å². The van der Waals surface area contributed by atoms with Crippen LogP contribution in [-0.4, -0.2) is 44.6 Å². The van der Waals surface area contributed by atoms with Crippen molar-refractivity contribution in [3.63, 3.8) is 0 Å². The van der Waals surface area contributed by atoms with Gasteiger partial charge in [0, 0.05) is 31.3 Å². The number of rotatable bonds is 8. The van der Waals surface area contributed by atoms with Crippen LogP contribution < -0.4 is 0 Å². The zero-order valence-electron chi connectivity index (χ0n) is 13.0. The van der Waals surface area contributed by atoms with Crippen LogP contribution in [0.4, 0.5) is 0 Å². The van der Waals surface area contributed by atoms with Crippen molar-refractivity contribution in [1.29, 1.82) is 0 Å². The van der Waals surface area contributed by atoms with E-state index in [1.165, 1.54) is 0 Å². The number of amides is 1. The Morgan fingerprint density at radius 3 is 2.38 bits per heavy atom. The largest absolute Gasteiger partial charge is 0.481 e. The molecule has 1 heterocycles. The summed E-state index contributed by atoms with van der Waals surface area (Å²) in [5, 5.41) is 12.6. The second-order valence-corrected chi connectivity index (χ2v) is 5.53. The summed E-state index contributed by atoms with van der Waals surface area (Å²) in [5.41, 5.74) is 0. The van der Waals surface area contributed by atoms with Crippen molar-refractivity contribution < 1.29 is 19.2 Å². The van der Waals surface area contributed by atoms with Crippen LogP contribution in [-0.2, 0) is 16.0 Å². The Balaban J connectivity index is 2.54. The van der Waals surface area contributed by atoms with Gasteiger partial charge < -0.3 is 14.5 Å². The van der Waals surface area contributed by atoms with Gasteiger partial charge in [0.1, 0.15) is 0 Å². The summed E-state index contributed by atoms with van der Waals surface area (Å²) >= 11 is 0. The topological polar surface area (TPSA) is 96.5 Å². The highest BCUT2D eigenvalue weighted by Crippen LogP contribution is 2.12. The van der Waals surface area contributed by atoms with E-state index in [0.717, 1.165) is 0 Å². The minimum absolute atomic E-state index is 0.0363. The first kappa shape index (κ1) is 17.1. The molecule has 0 spiro atoms. The molecular formula is C14H23N3O4. The minimum Gasteiger partial charge on any atom is -0.481 e. The molecule has 0 radical (unpaired) electrons. The summed E-state index contributed by atoms with van der Waals surface area (Å²) in [4.78, 5) is 28.6. The second-order valence-electron chi connectivity index (χ2n) is 5.53. The maximum Gasteiger partial charge on any atom is 0.305 e. The van der Waals surface area contributed by atoms with Crippen molar-refractivity contribution in [2.75, 3.05) is 6.54 Å². The van der Waals surface area contributed by atoms with Gasteiger partial charge in [0.2, 0.25) is 11.8 Å². The third-order valence-corrected chi connectivity index (χ3v) is 3.06. The van der Waals surface area contributed by atoms with Crippen molar-refractivity contribution in [2.45, 2.75) is 58.9 Å². The molecule has 21 heavy (non-hydrogen) atoms. The maximum atomic E-state index is 12.2. The Hall–Kier alpha value is -1.92. The number of hydrogen-bond donors (Lipinski definition) is 1. The highest BCUT2D eigenvalue weighted by atomic mass is 16.5. The summed E-state index contributed by atoms with van der Waals surface area (Å²) < 4.78 is 5.09. The van der Waals surface area contributed by atoms with Gasteiger partial charge >= 0.3 is 5.97 Å². The standard InChI is InChI=1S/C14H23N3O4/c1-9(2)14-15-11(21-16-14)5-6-12(18)17(10(3)4)8-7-13(19)20/h9-10H,5-8H2,1-4H3,(H,19,20). The zero-order valence-corrected chi connectivity index (χ0v) is 13.0. The molecule has 0 atom stereocenters. The normalized spacial score (nSPS) is 11.1. The third-order valence-electron chi connectivity index (χ3n) is 3.06. The molecule has 0 fully saturated rings. The fourth-order valence-corrected chi connectivity index (χ4v) is 1.85. The second kappa shape index (κ2) is 7.75. The lowest BCUT2D eigenvalue weighted by molar-refractivity contribution is -0.139. The number of hydrogen-bond acceptors (Lipinski definition) is 5. The number of aromatic nitrogens is 2. The highest BCUT2D eigenvalue weighted by molar-refractivity contribution is 5.77. The van der Waals surface area contributed by atoms with Gasteiger partial charge in [0.25, 0.3) is 0 Å². The average molecular weight is 297 g/mol. The lowest BCUT2D eigenvalue weighted by atomic mass is 10.2. The van der Waals surface area contributed by atoms with E-state index < -0.39 is 5.97 Å². The molecule has 0 unspecified atom stereocenters. The van der Waals surface area contributed by atoms with Crippen molar-refractivity contribution in [3.05, 3.63) is 11.7 Å². The summed E-state index contributed by atoms with van der Waals surface area (Å²) in [6.45, 7) is 7.87. The number of aliphatic carboxylic acids is 1. The van der Waals surface area contributed by atoms with Crippen LogP contribution in [0.25, 0.3) is 0 Å². The molecule has 1 aromatic heterocycles. The quantitative estimate of drug-likeness (QED) is 0.786. The first-order chi connectivity index (χ1) is 9.81. The van der Waals surface area contributed by atoms with Crippen LogP contribution in [0.3, 0.4) is 0 Å². The molecule has 0 aliphatic carbocycles. The summed E-state index contributed by atoms with van der Waals surface area (Å²) in [5.74, 6) is 0.237. The van der Waals surface area contributed by atoms with E-state index in [9.17, 15) is 9.59 Å². The molecule has 0 aromatic carbocycles. The van der Waals surface area contributed by atoms with Crippen LogP contribution >= 0.6 is 0 Å². The smallest absolute Gasteiger partial charge is 0.305 e. The third kappa shape index (κ3) is 5.53. The van der Waals surface area contributed by atoms with Crippen LogP contribution in [0.5, 0.6) is 0 Å². The summed E-state index contributed by atoms with van der Waals surface area (Å²) in [7, 11) is 0. The molecule has 7 nitrogen and oxygen atoms in total. The Labute approximate surface area is 124 Å². The maximum absolute atomic E-state index is 12.2. The average Bonchev–Trinajstić information content (AvgIpc) is 2.84. The lowest BCUT2D eigenvalue weighted by Gasteiger charge is -2.26. The molecule has 7 heteroatoms. The van der Waals surface area contributed by atoms with E-state index in [2.05, 4.69) is 10.1 Å². The molecular weight excluding hydrogens is 274 g/mol. The van der Waals surface area contributed by atoms with Crippen LogP contribution in [0.1, 0.15) is 58.2 Å². The van der Waals surface area contributed by atoms with E-state index in [1.54, 1.807) is 4.90 Å². The first-order valence-electron chi connectivity index (χ1n) is 7.15. The van der Waals surface area contributed by atoms with Crippen molar-refractivity contribution in [2.24, 2.45) is 0 Å². The minimum atomic E-state index is -0.910. The van der Waals surface area contributed by atoms with Crippen molar-refractivity contribution >= 4 is 11.9 Å². The van der Waals surface area contributed by atoms with Crippen LogP contribution in [0, 0.1) is 0 Å². The summed E-state index contributed by atoms with van der Waals surface area (Å²) in [6.07, 6.45) is 0.550. The monoisotopic (exact) mass is 297 g/mol. The predicted octanol–water partition coefficient (Wildman–Crippen LogP) is 1.84. The fourth-order valence-electron chi connectivity index (χ4n) is 1.85. The molecule has 0 aliphatic heterocycles. The van der Waals surface area contributed by atoms with Gasteiger partial charge in [-0.25, -0.2) is 0 Å². The number of carbonyl (C=O) groups is 2.